The molecule has 1 atom stereocenters. The highest BCUT2D eigenvalue weighted by Gasteiger charge is 2.31. The van der Waals surface area contributed by atoms with Crippen molar-refractivity contribution in [3.8, 4) is 0 Å². The van der Waals surface area contributed by atoms with E-state index in [1.165, 1.54) is 4.31 Å². The lowest BCUT2D eigenvalue weighted by molar-refractivity contribution is -0.00279. The Morgan fingerprint density at radius 1 is 1.45 bits per heavy atom. The molecule has 112 valence electrons. The van der Waals surface area contributed by atoms with E-state index in [1.54, 1.807) is 6.07 Å². The van der Waals surface area contributed by atoms with Crippen LogP contribution in [0.4, 0.5) is 0 Å². The van der Waals surface area contributed by atoms with Gasteiger partial charge in [-0.1, -0.05) is 19.1 Å². The standard InChI is InChI=1S/C14H22N2O3S/c1-3-13-10-16(6-7-19-13)20(17,18)14-8-12(9-15)5-4-11(14)2/h4-5,8,13H,3,6-7,9-10,15H2,1-2H3. The monoisotopic (exact) mass is 298 g/mol. The normalized spacial score (nSPS) is 21.1. The third-order valence-electron chi connectivity index (χ3n) is 3.66. The maximum absolute atomic E-state index is 12.8. The van der Waals surface area contributed by atoms with E-state index >= 15 is 0 Å². The first-order chi connectivity index (χ1) is 9.48. The summed E-state index contributed by atoms with van der Waals surface area (Å²) in [4.78, 5) is 0.359. The Hall–Kier alpha value is -0.950. The number of nitrogens with two attached hydrogens (primary N) is 1. The van der Waals surface area contributed by atoms with Crippen molar-refractivity contribution in [2.45, 2.75) is 37.8 Å². The Kier molecular flexibility index (Phi) is 4.80. The summed E-state index contributed by atoms with van der Waals surface area (Å²) in [6.07, 6.45) is 0.796. The highest BCUT2D eigenvalue weighted by molar-refractivity contribution is 7.89. The summed E-state index contributed by atoms with van der Waals surface area (Å²) in [6, 6.07) is 5.36. The number of morpholine rings is 1. The van der Waals surface area contributed by atoms with Crippen molar-refractivity contribution in [2.75, 3.05) is 19.7 Å². The lowest BCUT2D eigenvalue weighted by atomic mass is 10.1. The zero-order chi connectivity index (χ0) is 14.8. The fourth-order valence-electron chi connectivity index (χ4n) is 2.35. The summed E-state index contributed by atoms with van der Waals surface area (Å²) >= 11 is 0. The highest BCUT2D eigenvalue weighted by atomic mass is 32.2. The van der Waals surface area contributed by atoms with Gasteiger partial charge in [0.1, 0.15) is 0 Å². The fourth-order valence-corrected chi connectivity index (χ4v) is 4.08. The molecule has 0 bridgehead atoms. The number of sulfonamides is 1. The van der Waals surface area contributed by atoms with E-state index in [-0.39, 0.29) is 6.10 Å². The number of nitrogens with zero attached hydrogens (tertiary/aromatic N) is 1. The molecule has 0 saturated carbocycles. The van der Waals surface area contributed by atoms with E-state index in [9.17, 15) is 8.42 Å². The third-order valence-corrected chi connectivity index (χ3v) is 5.67. The van der Waals surface area contributed by atoms with Crippen LogP contribution in [0, 0.1) is 6.92 Å². The van der Waals surface area contributed by atoms with Crippen LogP contribution in [0.5, 0.6) is 0 Å². The van der Waals surface area contributed by atoms with Crippen molar-refractivity contribution in [2.24, 2.45) is 5.73 Å². The topological polar surface area (TPSA) is 72.6 Å². The number of hydrogen-bond acceptors (Lipinski definition) is 4. The molecule has 1 aliphatic rings. The molecule has 0 aliphatic carbocycles. The molecule has 1 unspecified atom stereocenters. The number of hydrogen-bond donors (Lipinski definition) is 1. The number of rotatable bonds is 4. The summed E-state index contributed by atoms with van der Waals surface area (Å²) in [5.74, 6) is 0. The van der Waals surface area contributed by atoms with E-state index in [2.05, 4.69) is 0 Å². The van der Waals surface area contributed by atoms with Crippen LogP contribution < -0.4 is 5.73 Å². The van der Waals surface area contributed by atoms with Gasteiger partial charge in [0.15, 0.2) is 0 Å². The second-order valence-electron chi connectivity index (χ2n) is 5.07. The molecule has 0 spiro atoms. The van der Waals surface area contributed by atoms with E-state index in [1.807, 2.05) is 26.0 Å². The molecule has 5 nitrogen and oxygen atoms in total. The predicted molar refractivity (Wildman–Crippen MR) is 77.9 cm³/mol. The van der Waals surface area contributed by atoms with Gasteiger partial charge >= 0.3 is 0 Å². The second-order valence-corrected chi connectivity index (χ2v) is 6.97. The van der Waals surface area contributed by atoms with Gasteiger partial charge < -0.3 is 10.5 Å². The largest absolute Gasteiger partial charge is 0.375 e. The second kappa shape index (κ2) is 6.22. The Bertz CT molecular complexity index is 572. The van der Waals surface area contributed by atoms with Crippen molar-refractivity contribution in [1.29, 1.82) is 0 Å². The minimum absolute atomic E-state index is 0.0171. The smallest absolute Gasteiger partial charge is 0.243 e. The van der Waals surface area contributed by atoms with Gasteiger partial charge in [-0.25, -0.2) is 8.42 Å². The number of benzene rings is 1. The van der Waals surface area contributed by atoms with Crippen LogP contribution in [0.2, 0.25) is 0 Å². The van der Waals surface area contributed by atoms with Gasteiger partial charge in [0.25, 0.3) is 0 Å². The minimum atomic E-state index is -3.47. The first kappa shape index (κ1) is 15.4. The van der Waals surface area contributed by atoms with Crippen molar-refractivity contribution >= 4 is 10.0 Å². The molecule has 1 aromatic rings. The summed E-state index contributed by atoms with van der Waals surface area (Å²) in [5, 5.41) is 0. The Balaban J connectivity index is 2.34. The average Bonchev–Trinajstić information content (AvgIpc) is 2.47. The molecule has 0 amide bonds. The van der Waals surface area contributed by atoms with Crippen LogP contribution in [-0.2, 0) is 21.3 Å². The van der Waals surface area contributed by atoms with Crippen molar-refractivity contribution in [1.82, 2.24) is 4.31 Å². The lowest BCUT2D eigenvalue weighted by Crippen LogP contribution is -2.45. The fraction of sp³-hybridized carbons (Fsp3) is 0.571. The number of aryl methyl sites for hydroxylation is 1. The first-order valence-electron chi connectivity index (χ1n) is 6.90. The van der Waals surface area contributed by atoms with Crippen LogP contribution in [0.15, 0.2) is 23.1 Å². The zero-order valence-electron chi connectivity index (χ0n) is 12.0. The molecule has 20 heavy (non-hydrogen) atoms. The molecule has 1 aliphatic heterocycles. The maximum atomic E-state index is 12.8. The minimum Gasteiger partial charge on any atom is -0.375 e. The van der Waals surface area contributed by atoms with Gasteiger partial charge in [0.2, 0.25) is 10.0 Å². The van der Waals surface area contributed by atoms with Gasteiger partial charge in [-0.2, -0.15) is 4.31 Å². The van der Waals surface area contributed by atoms with Crippen molar-refractivity contribution in [3.63, 3.8) is 0 Å². The summed E-state index contributed by atoms with van der Waals surface area (Å²) in [6.45, 7) is 5.43. The van der Waals surface area contributed by atoms with Gasteiger partial charge in [0, 0.05) is 19.6 Å². The van der Waals surface area contributed by atoms with Crippen molar-refractivity contribution < 1.29 is 13.2 Å². The Labute approximate surface area is 120 Å². The molecule has 1 heterocycles. The third kappa shape index (κ3) is 3.03. The molecule has 0 aromatic heterocycles. The molecule has 2 N–H and O–H groups in total. The van der Waals surface area contributed by atoms with Gasteiger partial charge in [-0.05, 0) is 30.5 Å². The summed E-state index contributed by atoms with van der Waals surface area (Å²) in [5.41, 5.74) is 7.19. The molecule has 1 saturated heterocycles. The summed E-state index contributed by atoms with van der Waals surface area (Å²) < 4.78 is 32.6. The van der Waals surface area contributed by atoms with E-state index in [0.29, 0.717) is 31.1 Å². The highest BCUT2D eigenvalue weighted by Crippen LogP contribution is 2.23. The Morgan fingerprint density at radius 3 is 2.85 bits per heavy atom. The van der Waals surface area contributed by atoms with Crippen LogP contribution in [0.1, 0.15) is 24.5 Å². The molecular weight excluding hydrogens is 276 g/mol. The quantitative estimate of drug-likeness (QED) is 0.908. The molecule has 1 fully saturated rings. The molecule has 1 aromatic carbocycles. The van der Waals surface area contributed by atoms with Gasteiger partial charge in [-0.15, -0.1) is 0 Å². The molecule has 0 radical (unpaired) electrons. The molecule has 2 rings (SSSR count). The maximum Gasteiger partial charge on any atom is 0.243 e. The van der Waals surface area contributed by atoms with E-state index in [0.717, 1.165) is 17.5 Å². The molecular formula is C14H22N2O3S. The first-order valence-corrected chi connectivity index (χ1v) is 8.34. The Morgan fingerprint density at radius 2 is 2.20 bits per heavy atom. The van der Waals surface area contributed by atoms with Crippen LogP contribution in [-0.4, -0.2) is 38.5 Å². The van der Waals surface area contributed by atoms with Crippen LogP contribution in [0.3, 0.4) is 0 Å². The average molecular weight is 298 g/mol. The van der Waals surface area contributed by atoms with E-state index < -0.39 is 10.0 Å². The lowest BCUT2D eigenvalue weighted by Gasteiger charge is -2.32. The SMILES string of the molecule is CCC1CN(S(=O)(=O)c2cc(CN)ccc2C)CCO1. The zero-order valence-corrected chi connectivity index (χ0v) is 12.8. The van der Waals surface area contributed by atoms with Crippen LogP contribution >= 0.6 is 0 Å². The predicted octanol–water partition coefficient (Wildman–Crippen LogP) is 1.25. The summed E-state index contributed by atoms with van der Waals surface area (Å²) in [7, 11) is -3.47. The van der Waals surface area contributed by atoms with Gasteiger partial charge in [0.05, 0.1) is 17.6 Å². The van der Waals surface area contributed by atoms with Crippen LogP contribution in [0.25, 0.3) is 0 Å². The molecule has 6 heteroatoms. The number of ether oxygens (including phenoxy) is 1. The van der Waals surface area contributed by atoms with E-state index in [4.69, 9.17) is 10.5 Å². The van der Waals surface area contributed by atoms with Gasteiger partial charge in [-0.3, -0.25) is 0 Å². The van der Waals surface area contributed by atoms with Crippen molar-refractivity contribution in [3.05, 3.63) is 29.3 Å².